The third-order valence-electron chi connectivity index (χ3n) is 1.73. The number of nitrogens with one attached hydrogen (secondary N) is 1. The van der Waals surface area contributed by atoms with Crippen LogP contribution < -0.4 is 11.0 Å². The van der Waals surface area contributed by atoms with Gasteiger partial charge in [-0.3, -0.25) is 14.4 Å². The third-order valence-corrected chi connectivity index (χ3v) is 2.20. The van der Waals surface area contributed by atoms with Gasteiger partial charge in [0.25, 0.3) is 11.5 Å². The van der Waals surface area contributed by atoms with Crippen LogP contribution in [0, 0.1) is 0 Å². The fourth-order valence-corrected chi connectivity index (χ4v) is 1.40. The molecular formula is C11H15BrN2O3. The molecule has 0 atom stereocenters. The molecule has 0 spiro atoms. The first-order chi connectivity index (χ1) is 7.78. The number of amides is 1. The lowest BCUT2D eigenvalue weighted by atomic mass is 10.2. The van der Waals surface area contributed by atoms with Crippen molar-refractivity contribution in [2.24, 2.45) is 0 Å². The first-order valence-corrected chi connectivity index (χ1v) is 5.90. The number of nitrogens with zero attached hydrogens (tertiary/aromatic N) is 1. The van der Waals surface area contributed by atoms with Gasteiger partial charge in [0.1, 0.15) is 6.54 Å². The van der Waals surface area contributed by atoms with Gasteiger partial charge in [-0.05, 0) is 42.8 Å². The molecule has 0 fully saturated rings. The summed E-state index contributed by atoms with van der Waals surface area (Å²) in [7, 11) is 0. The van der Waals surface area contributed by atoms with Crippen molar-refractivity contribution in [1.82, 2.24) is 10.0 Å². The normalized spacial score (nSPS) is 11.3. The van der Waals surface area contributed by atoms with Crippen LogP contribution in [0.4, 0.5) is 0 Å². The molecule has 94 valence electrons. The summed E-state index contributed by atoms with van der Waals surface area (Å²) < 4.78 is 2.03. The molecule has 0 aromatic carbocycles. The summed E-state index contributed by atoms with van der Waals surface area (Å²) in [5, 5.41) is 0. The fraction of sp³-hybridized carbons (Fsp3) is 0.455. The number of carbonyl (C=O) groups excluding carboxylic acids is 1. The lowest BCUT2D eigenvalue weighted by Crippen LogP contribution is -2.37. The van der Waals surface area contributed by atoms with Crippen LogP contribution in [0.3, 0.4) is 0 Å². The molecule has 0 saturated carbocycles. The number of halogens is 1. The second-order valence-corrected chi connectivity index (χ2v) is 5.47. The lowest BCUT2D eigenvalue weighted by Gasteiger charge is -2.19. The van der Waals surface area contributed by atoms with Crippen molar-refractivity contribution in [3.8, 4) is 0 Å². The highest BCUT2D eigenvalue weighted by Crippen LogP contribution is 2.05. The molecule has 0 saturated heterocycles. The zero-order valence-corrected chi connectivity index (χ0v) is 11.6. The van der Waals surface area contributed by atoms with Gasteiger partial charge in [-0.2, -0.15) is 0 Å². The Labute approximate surface area is 108 Å². The Balaban J connectivity index is 2.62. The molecule has 1 aromatic rings. The SMILES string of the molecule is CC(C)(C)ONC(=O)Cn1cc(Br)ccc1=O. The van der Waals surface area contributed by atoms with Gasteiger partial charge in [0.2, 0.25) is 0 Å². The van der Waals surface area contributed by atoms with Crippen molar-refractivity contribution in [2.45, 2.75) is 32.9 Å². The van der Waals surface area contributed by atoms with Gasteiger partial charge in [-0.15, -0.1) is 0 Å². The maximum Gasteiger partial charge on any atom is 0.263 e. The number of rotatable bonds is 3. The van der Waals surface area contributed by atoms with Crippen molar-refractivity contribution in [2.75, 3.05) is 0 Å². The Morgan fingerprint density at radius 2 is 2.12 bits per heavy atom. The van der Waals surface area contributed by atoms with Crippen LogP contribution in [-0.4, -0.2) is 16.1 Å². The summed E-state index contributed by atoms with van der Waals surface area (Å²) in [5.74, 6) is -0.375. The van der Waals surface area contributed by atoms with Gasteiger partial charge >= 0.3 is 0 Å². The highest BCUT2D eigenvalue weighted by Gasteiger charge is 2.13. The van der Waals surface area contributed by atoms with E-state index in [0.717, 1.165) is 4.47 Å². The number of pyridine rings is 1. The van der Waals surface area contributed by atoms with Crippen LogP contribution in [0.15, 0.2) is 27.6 Å². The van der Waals surface area contributed by atoms with Gasteiger partial charge in [-0.25, -0.2) is 5.48 Å². The summed E-state index contributed by atoms with van der Waals surface area (Å²) in [4.78, 5) is 28.0. The highest BCUT2D eigenvalue weighted by atomic mass is 79.9. The monoisotopic (exact) mass is 302 g/mol. The van der Waals surface area contributed by atoms with Gasteiger partial charge in [0.05, 0.1) is 5.60 Å². The van der Waals surface area contributed by atoms with E-state index in [0.29, 0.717) is 0 Å². The quantitative estimate of drug-likeness (QED) is 0.860. The van der Waals surface area contributed by atoms with Gasteiger partial charge in [0, 0.05) is 16.7 Å². The Bertz CT molecular complexity index is 463. The van der Waals surface area contributed by atoms with Crippen molar-refractivity contribution in [1.29, 1.82) is 0 Å². The van der Waals surface area contributed by atoms with Crippen LogP contribution in [0.2, 0.25) is 0 Å². The zero-order chi connectivity index (χ0) is 13.1. The highest BCUT2D eigenvalue weighted by molar-refractivity contribution is 9.10. The van der Waals surface area contributed by atoms with Crippen LogP contribution in [-0.2, 0) is 16.2 Å². The smallest absolute Gasteiger partial charge is 0.263 e. The van der Waals surface area contributed by atoms with Gasteiger partial charge in [0.15, 0.2) is 0 Å². The average molecular weight is 303 g/mol. The summed E-state index contributed by atoms with van der Waals surface area (Å²) in [6, 6.07) is 3.02. The van der Waals surface area contributed by atoms with Gasteiger partial charge in [-0.1, -0.05) is 0 Å². The standard InChI is InChI=1S/C11H15BrN2O3/c1-11(2,3)17-13-9(15)7-14-6-8(12)4-5-10(14)16/h4-6H,7H2,1-3H3,(H,13,15). The van der Waals surface area contributed by atoms with E-state index in [4.69, 9.17) is 4.84 Å². The summed E-state index contributed by atoms with van der Waals surface area (Å²) in [5.41, 5.74) is 1.61. The molecule has 1 heterocycles. The largest absolute Gasteiger partial charge is 0.305 e. The number of carbonyl (C=O) groups is 1. The van der Waals surface area contributed by atoms with Crippen LogP contribution in [0.5, 0.6) is 0 Å². The molecule has 0 aliphatic rings. The molecule has 6 heteroatoms. The molecule has 0 unspecified atom stereocenters. The maximum atomic E-state index is 11.5. The molecule has 0 bridgehead atoms. The minimum atomic E-state index is -0.460. The predicted octanol–water partition coefficient (Wildman–Crippen LogP) is 1.46. The number of hydrogen-bond donors (Lipinski definition) is 1. The minimum absolute atomic E-state index is 0.0750. The Kier molecular flexibility index (Phi) is 4.47. The topological polar surface area (TPSA) is 60.3 Å². The van der Waals surface area contributed by atoms with Crippen LogP contribution in [0.25, 0.3) is 0 Å². The second kappa shape index (κ2) is 5.46. The van der Waals surface area contributed by atoms with E-state index >= 15 is 0 Å². The molecular weight excluding hydrogens is 288 g/mol. The van der Waals surface area contributed by atoms with Crippen molar-refractivity contribution in [3.63, 3.8) is 0 Å². The first-order valence-electron chi connectivity index (χ1n) is 5.11. The summed E-state index contributed by atoms with van der Waals surface area (Å²) in [6.45, 7) is 5.38. The molecule has 1 N–H and O–H groups in total. The Morgan fingerprint density at radius 3 is 2.71 bits per heavy atom. The van der Waals surface area contributed by atoms with Crippen LogP contribution in [0.1, 0.15) is 20.8 Å². The lowest BCUT2D eigenvalue weighted by molar-refractivity contribution is -0.146. The number of aromatic nitrogens is 1. The number of hydroxylamine groups is 1. The summed E-state index contributed by atoms with van der Waals surface area (Å²) in [6.07, 6.45) is 1.55. The minimum Gasteiger partial charge on any atom is -0.305 e. The van der Waals surface area contributed by atoms with Crippen molar-refractivity contribution in [3.05, 3.63) is 33.2 Å². The molecule has 0 aliphatic carbocycles. The Hall–Kier alpha value is -1.14. The van der Waals surface area contributed by atoms with E-state index in [1.54, 1.807) is 12.3 Å². The van der Waals surface area contributed by atoms with E-state index in [1.807, 2.05) is 20.8 Å². The molecule has 1 rings (SSSR count). The summed E-state index contributed by atoms with van der Waals surface area (Å²) >= 11 is 3.23. The molecule has 0 radical (unpaired) electrons. The van der Waals surface area contributed by atoms with Crippen molar-refractivity contribution >= 4 is 21.8 Å². The Morgan fingerprint density at radius 1 is 1.47 bits per heavy atom. The average Bonchev–Trinajstić information content (AvgIpc) is 2.20. The molecule has 17 heavy (non-hydrogen) atoms. The second-order valence-electron chi connectivity index (χ2n) is 4.55. The van der Waals surface area contributed by atoms with E-state index in [9.17, 15) is 9.59 Å². The van der Waals surface area contributed by atoms with E-state index in [-0.39, 0.29) is 18.0 Å². The van der Waals surface area contributed by atoms with E-state index in [1.165, 1.54) is 10.6 Å². The maximum absolute atomic E-state index is 11.5. The fourth-order valence-electron chi connectivity index (χ4n) is 1.02. The zero-order valence-electron chi connectivity index (χ0n) is 9.99. The predicted molar refractivity (Wildman–Crippen MR) is 67.4 cm³/mol. The molecule has 5 nitrogen and oxygen atoms in total. The molecule has 1 aromatic heterocycles. The number of hydrogen-bond acceptors (Lipinski definition) is 3. The first kappa shape index (κ1) is 13.9. The van der Waals surface area contributed by atoms with E-state index in [2.05, 4.69) is 21.4 Å². The molecule has 0 aliphatic heterocycles. The molecule has 1 amide bonds. The van der Waals surface area contributed by atoms with E-state index < -0.39 is 5.60 Å². The van der Waals surface area contributed by atoms with Crippen molar-refractivity contribution < 1.29 is 9.63 Å². The van der Waals surface area contributed by atoms with Gasteiger partial charge < -0.3 is 4.57 Å². The third kappa shape index (κ3) is 5.14. The van der Waals surface area contributed by atoms with Crippen LogP contribution >= 0.6 is 15.9 Å².